The van der Waals surface area contributed by atoms with Gasteiger partial charge in [-0.05, 0) is 37.3 Å². The van der Waals surface area contributed by atoms with E-state index in [0.29, 0.717) is 16.5 Å². The first kappa shape index (κ1) is 15.1. The quantitative estimate of drug-likeness (QED) is 0.374. The van der Waals surface area contributed by atoms with Crippen molar-refractivity contribution in [3.05, 3.63) is 52.8 Å². The van der Waals surface area contributed by atoms with Crippen LogP contribution in [0, 0.1) is 0 Å². The zero-order valence-corrected chi connectivity index (χ0v) is 12.3. The summed E-state index contributed by atoms with van der Waals surface area (Å²) in [6, 6.07) is 10.6. The monoisotopic (exact) mass is 304 g/mol. The van der Waals surface area contributed by atoms with Gasteiger partial charge in [0.15, 0.2) is 5.78 Å². The standard InChI is InChI=1S/C16H13ClO4/c1-10(18)14(16(19)20-2)9-13-6-7-15(21-13)11-4-3-5-12(17)8-11/h3-9H,1-2H3. The number of hydrogen-bond donors (Lipinski definition) is 0. The zero-order valence-electron chi connectivity index (χ0n) is 11.6. The number of benzene rings is 1. The minimum atomic E-state index is -0.691. The van der Waals surface area contributed by atoms with E-state index in [1.54, 1.807) is 24.3 Å². The number of methoxy groups -OCH3 is 1. The molecule has 0 saturated heterocycles. The van der Waals surface area contributed by atoms with Gasteiger partial charge in [0, 0.05) is 10.6 Å². The molecule has 0 aliphatic carbocycles. The molecule has 0 spiro atoms. The molecular formula is C16H13ClO4. The fourth-order valence-corrected chi connectivity index (χ4v) is 1.97. The third kappa shape index (κ3) is 3.61. The maximum atomic E-state index is 11.5. The summed E-state index contributed by atoms with van der Waals surface area (Å²) in [5.74, 6) is -0.0946. The smallest absolute Gasteiger partial charge is 0.341 e. The van der Waals surface area contributed by atoms with Crippen molar-refractivity contribution in [3.63, 3.8) is 0 Å². The number of furan rings is 1. The van der Waals surface area contributed by atoms with Gasteiger partial charge in [0.25, 0.3) is 0 Å². The van der Waals surface area contributed by atoms with Crippen LogP contribution in [-0.2, 0) is 14.3 Å². The fraction of sp³-hybridized carbons (Fsp3) is 0.125. The highest BCUT2D eigenvalue weighted by Gasteiger charge is 2.16. The van der Waals surface area contributed by atoms with E-state index in [4.69, 9.17) is 16.0 Å². The van der Waals surface area contributed by atoms with E-state index >= 15 is 0 Å². The van der Waals surface area contributed by atoms with E-state index in [-0.39, 0.29) is 11.4 Å². The lowest BCUT2D eigenvalue weighted by Gasteiger charge is -2.00. The van der Waals surface area contributed by atoms with Gasteiger partial charge in [-0.3, -0.25) is 4.79 Å². The maximum absolute atomic E-state index is 11.5. The second kappa shape index (κ2) is 6.41. The van der Waals surface area contributed by atoms with Crippen molar-refractivity contribution in [1.29, 1.82) is 0 Å². The van der Waals surface area contributed by atoms with Crippen LogP contribution < -0.4 is 0 Å². The van der Waals surface area contributed by atoms with Crippen LogP contribution in [-0.4, -0.2) is 18.9 Å². The van der Waals surface area contributed by atoms with E-state index in [1.807, 2.05) is 12.1 Å². The number of esters is 1. The molecule has 0 radical (unpaired) electrons. The van der Waals surface area contributed by atoms with Crippen LogP contribution in [0.3, 0.4) is 0 Å². The molecule has 0 fully saturated rings. The second-order valence-corrected chi connectivity index (χ2v) is 4.75. The number of rotatable bonds is 4. The minimum Gasteiger partial charge on any atom is -0.465 e. The van der Waals surface area contributed by atoms with Gasteiger partial charge in [0.05, 0.1) is 7.11 Å². The van der Waals surface area contributed by atoms with Gasteiger partial charge in [-0.15, -0.1) is 0 Å². The third-order valence-corrected chi connectivity index (χ3v) is 3.04. The minimum absolute atomic E-state index is 0.0653. The molecule has 0 amide bonds. The van der Waals surface area contributed by atoms with E-state index in [1.165, 1.54) is 20.1 Å². The largest absolute Gasteiger partial charge is 0.465 e. The van der Waals surface area contributed by atoms with E-state index in [9.17, 15) is 9.59 Å². The summed E-state index contributed by atoms with van der Waals surface area (Å²) in [5, 5.41) is 0.597. The Kier molecular flexibility index (Phi) is 4.60. The van der Waals surface area contributed by atoms with Crippen LogP contribution in [0.2, 0.25) is 5.02 Å². The Bertz CT molecular complexity index is 713. The number of carbonyl (C=O) groups is 2. The first-order valence-corrected chi connectivity index (χ1v) is 6.56. The van der Waals surface area contributed by atoms with Crippen molar-refractivity contribution in [2.24, 2.45) is 0 Å². The number of ether oxygens (including phenoxy) is 1. The summed E-state index contributed by atoms with van der Waals surface area (Å²) in [5.41, 5.74) is 0.745. The van der Waals surface area contributed by atoms with Gasteiger partial charge in [-0.25, -0.2) is 4.79 Å². The Morgan fingerprint density at radius 3 is 2.62 bits per heavy atom. The molecule has 0 aliphatic heterocycles. The predicted molar refractivity (Wildman–Crippen MR) is 79.8 cm³/mol. The van der Waals surface area contributed by atoms with Crippen molar-refractivity contribution in [2.75, 3.05) is 7.11 Å². The molecule has 0 bridgehead atoms. The Morgan fingerprint density at radius 1 is 1.24 bits per heavy atom. The topological polar surface area (TPSA) is 56.5 Å². The van der Waals surface area contributed by atoms with Gasteiger partial charge in [0.2, 0.25) is 0 Å². The summed E-state index contributed by atoms with van der Waals surface area (Å²) in [6.45, 7) is 1.30. The SMILES string of the molecule is COC(=O)C(=Cc1ccc(-c2cccc(Cl)c2)o1)C(C)=O. The van der Waals surface area contributed by atoms with Crippen molar-refractivity contribution < 1.29 is 18.7 Å². The summed E-state index contributed by atoms with van der Waals surface area (Å²) < 4.78 is 10.2. The average molecular weight is 305 g/mol. The molecular weight excluding hydrogens is 292 g/mol. The van der Waals surface area contributed by atoms with Gasteiger partial charge < -0.3 is 9.15 Å². The summed E-state index contributed by atoms with van der Waals surface area (Å²) in [6.07, 6.45) is 1.36. The molecule has 2 aromatic rings. The molecule has 21 heavy (non-hydrogen) atoms. The molecule has 1 aromatic carbocycles. The van der Waals surface area contributed by atoms with Crippen LogP contribution >= 0.6 is 11.6 Å². The highest BCUT2D eigenvalue weighted by molar-refractivity contribution is 6.30. The van der Waals surface area contributed by atoms with Crippen molar-refractivity contribution in [3.8, 4) is 11.3 Å². The van der Waals surface area contributed by atoms with Gasteiger partial charge in [-0.1, -0.05) is 23.7 Å². The third-order valence-electron chi connectivity index (χ3n) is 2.81. The number of hydrogen-bond acceptors (Lipinski definition) is 4. The molecule has 0 aliphatic rings. The number of carbonyl (C=O) groups excluding carboxylic acids is 2. The first-order valence-electron chi connectivity index (χ1n) is 6.18. The molecule has 0 saturated carbocycles. The number of ketones is 1. The average Bonchev–Trinajstić information content (AvgIpc) is 2.92. The van der Waals surface area contributed by atoms with Crippen LogP contribution in [0.15, 0.2) is 46.4 Å². The van der Waals surface area contributed by atoms with Gasteiger partial charge in [0.1, 0.15) is 17.1 Å². The Balaban J connectivity index is 2.35. The number of Topliss-reactive ketones (excluding diaryl/α,β-unsaturated/α-hetero) is 1. The van der Waals surface area contributed by atoms with Crippen molar-refractivity contribution in [2.45, 2.75) is 6.92 Å². The Hall–Kier alpha value is -2.33. The van der Waals surface area contributed by atoms with Crippen molar-refractivity contribution in [1.82, 2.24) is 0 Å². The zero-order chi connectivity index (χ0) is 15.4. The van der Waals surface area contributed by atoms with E-state index in [0.717, 1.165) is 5.56 Å². The van der Waals surface area contributed by atoms with Crippen molar-refractivity contribution >= 4 is 29.4 Å². The number of halogens is 1. The molecule has 108 valence electrons. The first-order chi connectivity index (χ1) is 10.0. The highest BCUT2D eigenvalue weighted by atomic mass is 35.5. The van der Waals surface area contributed by atoms with Crippen LogP contribution in [0.4, 0.5) is 0 Å². The predicted octanol–water partition coefficient (Wildman–Crippen LogP) is 3.75. The molecule has 0 N–H and O–H groups in total. The fourth-order valence-electron chi connectivity index (χ4n) is 1.78. The van der Waals surface area contributed by atoms with E-state index < -0.39 is 5.97 Å². The molecule has 1 aromatic heterocycles. The maximum Gasteiger partial charge on any atom is 0.341 e. The summed E-state index contributed by atoms with van der Waals surface area (Å²) in [7, 11) is 1.22. The second-order valence-electron chi connectivity index (χ2n) is 4.32. The molecule has 0 atom stereocenters. The van der Waals surface area contributed by atoms with Crippen LogP contribution in [0.25, 0.3) is 17.4 Å². The summed E-state index contributed by atoms with van der Waals surface area (Å²) >= 11 is 5.93. The van der Waals surface area contributed by atoms with Crippen LogP contribution in [0.1, 0.15) is 12.7 Å². The van der Waals surface area contributed by atoms with Gasteiger partial charge in [-0.2, -0.15) is 0 Å². The molecule has 2 rings (SSSR count). The molecule has 0 unspecified atom stereocenters. The molecule has 5 heteroatoms. The lowest BCUT2D eigenvalue weighted by Crippen LogP contribution is -2.11. The Morgan fingerprint density at radius 2 is 2.00 bits per heavy atom. The Labute approximate surface area is 127 Å². The van der Waals surface area contributed by atoms with E-state index in [2.05, 4.69) is 4.74 Å². The summed E-state index contributed by atoms with van der Waals surface area (Å²) in [4.78, 5) is 23.0. The van der Waals surface area contributed by atoms with Crippen LogP contribution in [0.5, 0.6) is 0 Å². The highest BCUT2D eigenvalue weighted by Crippen LogP contribution is 2.25. The lowest BCUT2D eigenvalue weighted by molar-refractivity contribution is -0.137. The van der Waals surface area contributed by atoms with Gasteiger partial charge >= 0.3 is 5.97 Å². The molecule has 1 heterocycles. The lowest BCUT2D eigenvalue weighted by atomic mass is 10.1. The normalized spacial score (nSPS) is 11.3. The molecule has 4 nitrogen and oxygen atoms in total.